The minimum absolute atomic E-state index is 0. The van der Waals surface area contributed by atoms with Crippen LogP contribution in [0.15, 0.2) is 42.5 Å². The van der Waals surface area contributed by atoms with Gasteiger partial charge in [-0.15, -0.1) is 12.4 Å². The third-order valence-electron chi connectivity index (χ3n) is 7.48. The van der Waals surface area contributed by atoms with Crippen LogP contribution in [0.1, 0.15) is 61.3 Å². The fourth-order valence-corrected chi connectivity index (χ4v) is 5.49. The number of methoxy groups -OCH3 is 1. The molecule has 1 amide bonds. The van der Waals surface area contributed by atoms with Crippen molar-refractivity contribution in [3.05, 3.63) is 59.2 Å². The monoisotopic (exact) mass is 455 g/mol. The Kier molecular flexibility index (Phi) is 6.80. The summed E-state index contributed by atoms with van der Waals surface area (Å²) >= 11 is 0. The predicted molar refractivity (Wildman–Crippen MR) is 131 cm³/mol. The van der Waals surface area contributed by atoms with Crippen molar-refractivity contribution >= 4 is 24.0 Å². The van der Waals surface area contributed by atoms with E-state index >= 15 is 0 Å². The molecule has 5 rings (SSSR count). The summed E-state index contributed by atoms with van der Waals surface area (Å²) in [4.78, 5) is 14.4. The van der Waals surface area contributed by atoms with Crippen molar-refractivity contribution in [2.45, 2.75) is 63.2 Å². The second-order valence-electron chi connectivity index (χ2n) is 9.29. The van der Waals surface area contributed by atoms with E-state index in [1.807, 2.05) is 11.9 Å². The van der Waals surface area contributed by atoms with Gasteiger partial charge < -0.3 is 20.3 Å². The predicted octanol–water partition coefficient (Wildman–Crippen LogP) is 4.56. The highest BCUT2D eigenvalue weighted by Crippen LogP contribution is 2.56. The van der Waals surface area contributed by atoms with Gasteiger partial charge in [-0.25, -0.2) is 0 Å². The molecule has 1 saturated heterocycles. The average molecular weight is 456 g/mol. The van der Waals surface area contributed by atoms with E-state index in [0.29, 0.717) is 24.0 Å². The maximum atomic E-state index is 12.5. The number of hydrogen-bond donors (Lipinski definition) is 2. The molecule has 3 aliphatic rings. The summed E-state index contributed by atoms with van der Waals surface area (Å²) in [5.41, 5.74) is 4.76. The summed E-state index contributed by atoms with van der Waals surface area (Å²) in [5.74, 6) is 1.74. The molecule has 0 bridgehead atoms. The van der Waals surface area contributed by atoms with Gasteiger partial charge in [0.05, 0.1) is 7.11 Å². The number of carbonyl (C=O) groups is 1. The molecule has 0 radical (unpaired) electrons. The summed E-state index contributed by atoms with van der Waals surface area (Å²) in [6, 6.07) is 16.3. The lowest BCUT2D eigenvalue weighted by molar-refractivity contribution is -0.119. The lowest BCUT2D eigenvalue weighted by atomic mass is 9.88. The van der Waals surface area contributed by atoms with Gasteiger partial charge in [0, 0.05) is 48.9 Å². The van der Waals surface area contributed by atoms with Gasteiger partial charge in [-0.05, 0) is 54.9 Å². The number of nitrogens with one attached hydrogen (secondary N) is 2. The second-order valence-corrected chi connectivity index (χ2v) is 9.29. The normalized spacial score (nSPS) is 28.4. The third-order valence-corrected chi connectivity index (χ3v) is 7.48. The maximum Gasteiger partial charge on any atom is 0.230 e. The van der Waals surface area contributed by atoms with Crippen LogP contribution in [0, 0.1) is 5.92 Å². The molecule has 0 spiro atoms. The number of benzene rings is 2. The Balaban J connectivity index is 0.00000245. The lowest BCUT2D eigenvalue weighted by Crippen LogP contribution is -2.49. The SMILES string of the molecule is CC[C@@H]1CC[C@@H](NCc2cc3c(cc2OC)[C@@H]2C[C@@H]2C(=O)N3C)[C@@H](c2ccccc2)N1.Cl. The molecule has 2 aromatic rings. The molecule has 6 heteroatoms. The zero-order valence-corrected chi connectivity index (χ0v) is 20.0. The lowest BCUT2D eigenvalue weighted by Gasteiger charge is -2.38. The molecule has 32 heavy (non-hydrogen) atoms. The zero-order chi connectivity index (χ0) is 21.5. The quantitative estimate of drug-likeness (QED) is 0.670. The van der Waals surface area contributed by atoms with Crippen molar-refractivity contribution in [2.75, 3.05) is 19.1 Å². The van der Waals surface area contributed by atoms with E-state index in [0.717, 1.165) is 42.8 Å². The van der Waals surface area contributed by atoms with Crippen molar-refractivity contribution in [3.63, 3.8) is 0 Å². The van der Waals surface area contributed by atoms with Crippen LogP contribution >= 0.6 is 12.4 Å². The first-order valence-corrected chi connectivity index (χ1v) is 11.6. The Morgan fingerprint density at radius 3 is 2.66 bits per heavy atom. The number of halogens is 1. The molecule has 5 atom stereocenters. The van der Waals surface area contributed by atoms with Gasteiger partial charge in [-0.2, -0.15) is 0 Å². The number of anilines is 1. The molecule has 0 aromatic heterocycles. The number of amides is 1. The summed E-state index contributed by atoms with van der Waals surface area (Å²) < 4.78 is 5.77. The van der Waals surface area contributed by atoms with Crippen molar-refractivity contribution < 1.29 is 9.53 Å². The van der Waals surface area contributed by atoms with Gasteiger partial charge in [0.15, 0.2) is 0 Å². The van der Waals surface area contributed by atoms with Crippen LogP contribution < -0.4 is 20.3 Å². The van der Waals surface area contributed by atoms with Crippen LogP contribution in [0.5, 0.6) is 5.75 Å². The molecule has 2 heterocycles. The van der Waals surface area contributed by atoms with Gasteiger partial charge >= 0.3 is 0 Å². The number of piperidine rings is 1. The standard InChI is InChI=1S/C26H33N3O2.ClH/c1-4-18-10-11-22(25(28-18)16-8-6-5-7-9-16)27-15-17-12-23-20(14-24(17)31-3)19-13-21(19)26(30)29(23)2;/h5-9,12,14,18-19,21-22,25,27-28H,4,10-11,13,15H2,1-3H3;1H/t18-,19+,21+,22-,25-;/m1./s1. The van der Waals surface area contributed by atoms with Crippen LogP contribution in [-0.2, 0) is 11.3 Å². The van der Waals surface area contributed by atoms with E-state index < -0.39 is 0 Å². The molecule has 1 aliphatic carbocycles. The molecule has 2 aliphatic heterocycles. The minimum atomic E-state index is 0. The number of rotatable bonds is 6. The topological polar surface area (TPSA) is 53.6 Å². The Morgan fingerprint density at radius 1 is 1.16 bits per heavy atom. The van der Waals surface area contributed by atoms with Crippen LogP contribution in [0.25, 0.3) is 0 Å². The Morgan fingerprint density at radius 2 is 1.94 bits per heavy atom. The molecular formula is C26H34ClN3O2. The van der Waals surface area contributed by atoms with Crippen molar-refractivity contribution in [3.8, 4) is 5.75 Å². The smallest absolute Gasteiger partial charge is 0.230 e. The first-order valence-electron chi connectivity index (χ1n) is 11.6. The van der Waals surface area contributed by atoms with E-state index in [2.05, 4.69) is 60.0 Å². The molecule has 5 nitrogen and oxygen atoms in total. The zero-order valence-electron chi connectivity index (χ0n) is 19.1. The van der Waals surface area contributed by atoms with Gasteiger partial charge in [-0.1, -0.05) is 37.3 Å². The van der Waals surface area contributed by atoms with Crippen LogP contribution in [0.4, 0.5) is 5.69 Å². The molecule has 172 valence electrons. The number of fused-ring (bicyclic) bond motifs is 3. The van der Waals surface area contributed by atoms with E-state index in [1.54, 1.807) is 7.11 Å². The van der Waals surface area contributed by atoms with E-state index in [1.165, 1.54) is 17.5 Å². The van der Waals surface area contributed by atoms with Crippen molar-refractivity contribution in [1.82, 2.24) is 10.6 Å². The van der Waals surface area contributed by atoms with E-state index in [9.17, 15) is 4.79 Å². The van der Waals surface area contributed by atoms with Crippen molar-refractivity contribution in [1.29, 1.82) is 0 Å². The molecule has 2 N–H and O–H groups in total. The van der Waals surface area contributed by atoms with Crippen LogP contribution in [0.3, 0.4) is 0 Å². The van der Waals surface area contributed by atoms with E-state index in [4.69, 9.17) is 4.74 Å². The molecular weight excluding hydrogens is 422 g/mol. The first-order chi connectivity index (χ1) is 15.1. The number of nitrogens with zero attached hydrogens (tertiary/aromatic N) is 1. The minimum Gasteiger partial charge on any atom is -0.496 e. The molecule has 2 aromatic carbocycles. The first kappa shape index (κ1) is 23.1. The summed E-state index contributed by atoms with van der Waals surface area (Å²) in [7, 11) is 3.65. The highest BCUT2D eigenvalue weighted by Gasteiger charge is 2.50. The number of hydrogen-bond acceptors (Lipinski definition) is 4. The van der Waals surface area contributed by atoms with Gasteiger partial charge in [0.25, 0.3) is 0 Å². The average Bonchev–Trinajstić information content (AvgIpc) is 3.62. The number of ether oxygens (including phenoxy) is 1. The fourth-order valence-electron chi connectivity index (χ4n) is 5.49. The van der Waals surface area contributed by atoms with Crippen LogP contribution in [-0.4, -0.2) is 32.1 Å². The highest BCUT2D eigenvalue weighted by atomic mass is 35.5. The Bertz CT molecular complexity index is 967. The van der Waals surface area contributed by atoms with Gasteiger partial charge in [-0.3, -0.25) is 4.79 Å². The van der Waals surface area contributed by atoms with Gasteiger partial charge in [0.1, 0.15) is 5.75 Å². The third kappa shape index (κ3) is 4.14. The van der Waals surface area contributed by atoms with E-state index in [-0.39, 0.29) is 24.2 Å². The maximum absolute atomic E-state index is 12.5. The van der Waals surface area contributed by atoms with Crippen LogP contribution in [0.2, 0.25) is 0 Å². The molecule has 1 saturated carbocycles. The molecule has 2 fully saturated rings. The Hall–Kier alpha value is -2.08. The summed E-state index contributed by atoms with van der Waals surface area (Å²) in [6.07, 6.45) is 4.44. The highest BCUT2D eigenvalue weighted by molar-refractivity contribution is 6.01. The molecule has 0 unspecified atom stereocenters. The van der Waals surface area contributed by atoms with Gasteiger partial charge in [0.2, 0.25) is 5.91 Å². The number of carbonyl (C=O) groups excluding carboxylic acids is 1. The second kappa shape index (κ2) is 9.42. The summed E-state index contributed by atoms with van der Waals surface area (Å²) in [5, 5.41) is 7.68. The fraction of sp³-hybridized carbons (Fsp3) is 0.500. The largest absolute Gasteiger partial charge is 0.496 e. The Labute approximate surface area is 197 Å². The van der Waals surface area contributed by atoms with Crippen molar-refractivity contribution in [2.24, 2.45) is 5.92 Å². The summed E-state index contributed by atoms with van der Waals surface area (Å²) in [6.45, 7) is 2.98.